The maximum absolute atomic E-state index is 13.9. The molecule has 4 aromatic carbocycles. The van der Waals surface area contributed by atoms with Crippen LogP contribution in [-0.2, 0) is 29.8 Å². The van der Waals surface area contributed by atoms with Gasteiger partial charge in [0.1, 0.15) is 0 Å². The fourth-order valence-electron chi connectivity index (χ4n) is 9.16. The smallest absolute Gasteiger partial charge is 0.280 e. The van der Waals surface area contributed by atoms with Crippen molar-refractivity contribution in [3.63, 3.8) is 0 Å². The van der Waals surface area contributed by atoms with Crippen LogP contribution in [-0.4, -0.2) is 64.8 Å². The Morgan fingerprint density at radius 3 is 1.13 bits per heavy atom. The molecule has 0 amide bonds. The van der Waals surface area contributed by atoms with Crippen molar-refractivity contribution in [3.05, 3.63) is 135 Å². The quantitative estimate of drug-likeness (QED) is 0.108. The molecule has 10 heteroatoms. The fourth-order valence-corrected chi connectivity index (χ4v) is 9.88. The van der Waals surface area contributed by atoms with Crippen molar-refractivity contribution in [2.75, 3.05) is 54.9 Å². The Morgan fingerprint density at radius 1 is 0.481 bits per heavy atom. The highest BCUT2D eigenvalue weighted by molar-refractivity contribution is 9.10. The monoisotopic (exact) mass is 850 g/mol. The minimum atomic E-state index is -0.458. The van der Waals surface area contributed by atoms with Crippen molar-refractivity contribution in [1.82, 2.24) is 9.97 Å². The van der Waals surface area contributed by atoms with Gasteiger partial charge in [-0.1, -0.05) is 68.3 Å². The SMILES string of the molecule is COCCC1(CCOC)c2cc(Br)ccc2-c2ccc(-c3nc(=O)c4c(-c5ccc6c(c5)C(CCOC)(CCOC)c5cc(Br)ccc5-6)nc(=O)c3=4)cc21. The average molecular weight is 853 g/mol. The number of hydrogen-bond acceptors (Lipinski definition) is 8. The number of fused-ring (bicyclic) bond motifs is 6. The van der Waals surface area contributed by atoms with Gasteiger partial charge < -0.3 is 18.9 Å². The Hall–Kier alpha value is -3.90. The van der Waals surface area contributed by atoms with E-state index in [2.05, 4.69) is 102 Å². The average Bonchev–Trinajstić information content (AvgIpc) is 3.87. The Labute approximate surface area is 330 Å². The van der Waals surface area contributed by atoms with Gasteiger partial charge in [0.05, 0.1) is 21.8 Å². The van der Waals surface area contributed by atoms with Crippen LogP contribution in [0.5, 0.6) is 0 Å². The highest BCUT2D eigenvalue weighted by Crippen LogP contribution is 2.55. The second-order valence-electron chi connectivity index (χ2n) is 14.3. The number of rotatable bonds is 14. The van der Waals surface area contributed by atoms with E-state index in [-0.39, 0.29) is 10.4 Å². The highest BCUT2D eigenvalue weighted by atomic mass is 79.9. The molecule has 8 rings (SSSR count). The van der Waals surface area contributed by atoms with E-state index in [1.165, 1.54) is 11.1 Å². The van der Waals surface area contributed by atoms with E-state index in [1.54, 1.807) is 28.4 Å². The van der Waals surface area contributed by atoms with Gasteiger partial charge in [-0.15, -0.1) is 0 Å². The number of hydrogen-bond donors (Lipinski definition) is 0. The van der Waals surface area contributed by atoms with Gasteiger partial charge in [-0.2, -0.15) is 0 Å². The molecule has 0 spiro atoms. The second kappa shape index (κ2) is 14.6. The van der Waals surface area contributed by atoms with Gasteiger partial charge in [0.25, 0.3) is 11.1 Å². The predicted molar refractivity (Wildman–Crippen MR) is 217 cm³/mol. The summed E-state index contributed by atoms with van der Waals surface area (Å²) in [6.45, 7) is 2.19. The lowest BCUT2D eigenvalue weighted by molar-refractivity contribution is 0.145. The fraction of sp³-hybridized carbons (Fsp3) is 0.318. The summed E-state index contributed by atoms with van der Waals surface area (Å²) in [5, 5.41) is 0.510. The Morgan fingerprint density at radius 2 is 0.796 bits per heavy atom. The molecule has 276 valence electrons. The van der Waals surface area contributed by atoms with Gasteiger partial charge >= 0.3 is 0 Å². The van der Waals surface area contributed by atoms with Crippen LogP contribution in [0.15, 0.2) is 91.3 Å². The molecule has 0 aromatic heterocycles. The summed E-state index contributed by atoms with van der Waals surface area (Å²) in [6, 6.07) is 25.1. The third kappa shape index (κ3) is 5.76. The zero-order valence-electron chi connectivity index (χ0n) is 30.7. The molecule has 0 saturated carbocycles. The normalized spacial score (nSPS) is 14.7. The molecule has 4 aromatic rings. The van der Waals surface area contributed by atoms with Crippen LogP contribution in [0.3, 0.4) is 0 Å². The van der Waals surface area contributed by atoms with Gasteiger partial charge in [0.2, 0.25) is 0 Å². The lowest BCUT2D eigenvalue weighted by Crippen LogP contribution is -2.29. The first-order valence-corrected chi connectivity index (χ1v) is 19.7. The Balaban J connectivity index is 1.29. The van der Waals surface area contributed by atoms with Crippen LogP contribution in [0.25, 0.3) is 44.8 Å². The van der Waals surface area contributed by atoms with Crippen molar-refractivity contribution in [1.29, 1.82) is 0 Å². The van der Waals surface area contributed by atoms with Crippen LogP contribution >= 0.6 is 31.9 Å². The van der Waals surface area contributed by atoms with Crippen LogP contribution in [0.1, 0.15) is 47.9 Å². The molecule has 0 bridgehead atoms. The number of ether oxygens (including phenoxy) is 4. The lowest BCUT2D eigenvalue weighted by Gasteiger charge is -2.32. The summed E-state index contributed by atoms with van der Waals surface area (Å²) >= 11 is 7.40. The van der Waals surface area contributed by atoms with Crippen molar-refractivity contribution >= 4 is 31.9 Å². The minimum absolute atomic E-state index is 0.255. The lowest BCUT2D eigenvalue weighted by atomic mass is 9.73. The Kier molecular flexibility index (Phi) is 10.0. The molecule has 4 aliphatic rings. The highest BCUT2D eigenvalue weighted by Gasteiger charge is 2.44. The molecule has 0 atom stereocenters. The maximum atomic E-state index is 13.9. The van der Waals surface area contributed by atoms with E-state index in [0.29, 0.717) is 48.9 Å². The molecule has 2 aliphatic heterocycles. The molecule has 8 nitrogen and oxygen atoms in total. The summed E-state index contributed by atoms with van der Waals surface area (Å²) in [5.74, 6) is 0. The number of methoxy groups -OCH3 is 4. The molecule has 0 saturated heterocycles. The summed E-state index contributed by atoms with van der Waals surface area (Å²) < 4.78 is 24.5. The van der Waals surface area contributed by atoms with E-state index in [1.807, 2.05) is 12.1 Å². The number of aromatic nitrogens is 2. The van der Waals surface area contributed by atoms with Crippen molar-refractivity contribution in [2.45, 2.75) is 36.5 Å². The van der Waals surface area contributed by atoms with E-state index in [4.69, 9.17) is 18.9 Å². The van der Waals surface area contributed by atoms with Gasteiger partial charge in [-0.3, -0.25) is 9.59 Å². The van der Waals surface area contributed by atoms with E-state index in [0.717, 1.165) is 68.0 Å². The first-order chi connectivity index (χ1) is 26.2. The van der Waals surface area contributed by atoms with Gasteiger partial charge in [-0.05, 0) is 107 Å². The second-order valence-corrected chi connectivity index (χ2v) is 16.1. The van der Waals surface area contributed by atoms with Gasteiger partial charge in [0, 0.05) is 85.8 Å². The van der Waals surface area contributed by atoms with E-state index in [9.17, 15) is 9.59 Å². The molecule has 2 heterocycles. The summed E-state index contributed by atoms with van der Waals surface area (Å²) in [6.07, 6.45) is 2.92. The number of nitrogens with zero attached hydrogens (tertiary/aromatic N) is 2. The van der Waals surface area contributed by atoms with Crippen molar-refractivity contribution in [2.24, 2.45) is 0 Å². The third-order valence-electron chi connectivity index (χ3n) is 11.7. The topological polar surface area (TPSA) is 96.8 Å². The molecule has 0 radical (unpaired) electrons. The molecule has 0 N–H and O–H groups in total. The van der Waals surface area contributed by atoms with E-state index >= 15 is 0 Å². The molecular weight excluding hydrogens is 812 g/mol. The number of benzene rings is 4. The van der Waals surface area contributed by atoms with Crippen molar-refractivity contribution in [3.8, 4) is 44.8 Å². The first-order valence-electron chi connectivity index (χ1n) is 18.1. The largest absolute Gasteiger partial charge is 0.385 e. The van der Waals surface area contributed by atoms with Crippen LogP contribution in [0.2, 0.25) is 0 Å². The first kappa shape index (κ1) is 37.0. The molecule has 2 aliphatic carbocycles. The number of halogens is 2. The van der Waals surface area contributed by atoms with Gasteiger partial charge in [0.15, 0.2) is 0 Å². The summed E-state index contributed by atoms with van der Waals surface area (Å²) in [5.41, 5.74) is 9.52. The van der Waals surface area contributed by atoms with E-state index < -0.39 is 21.9 Å². The van der Waals surface area contributed by atoms with Crippen LogP contribution in [0, 0.1) is 10.4 Å². The zero-order chi connectivity index (χ0) is 37.8. The predicted octanol–water partition coefficient (Wildman–Crippen LogP) is 8.34. The molecule has 54 heavy (non-hydrogen) atoms. The molecular formula is C44H40Br2N2O6. The molecule has 0 fully saturated rings. The Bertz CT molecular complexity index is 2370. The van der Waals surface area contributed by atoms with Crippen molar-refractivity contribution < 1.29 is 18.9 Å². The third-order valence-corrected chi connectivity index (χ3v) is 12.7. The summed E-state index contributed by atoms with van der Waals surface area (Å²) in [7, 11) is 6.86. The summed E-state index contributed by atoms with van der Waals surface area (Å²) in [4.78, 5) is 37.0. The standard InChI is InChI=1S/C44H40Br2N2O6/c1-51-17-13-43(14-18-52-2)33-21-25(5-9-29(33)31-11-7-27(45)23-35(31)43)39-37-38(42(50)47-39)40(48-41(37)49)26-6-10-30-32-12-8-28(46)24-36(32)44(15-19-53-3,16-20-54-4)34(30)22-26/h5-12,21-24H,13-20H2,1-4H3. The minimum Gasteiger partial charge on any atom is -0.385 e. The van der Waals surface area contributed by atoms with Gasteiger partial charge in [-0.25, -0.2) is 9.97 Å². The van der Waals surface area contributed by atoms with Crippen LogP contribution < -0.4 is 11.1 Å². The zero-order valence-corrected chi connectivity index (χ0v) is 33.9. The maximum Gasteiger partial charge on any atom is 0.280 e. The van der Waals surface area contributed by atoms with Crippen LogP contribution in [0.4, 0.5) is 0 Å². The molecule has 0 unspecified atom stereocenters.